The summed E-state index contributed by atoms with van der Waals surface area (Å²) in [6, 6.07) is 3.91. The Balaban J connectivity index is 2.53. The van der Waals surface area contributed by atoms with Gasteiger partial charge in [0.05, 0.1) is 4.47 Å². The lowest BCUT2D eigenvalue weighted by Crippen LogP contribution is -2.07. The van der Waals surface area contributed by atoms with E-state index in [0.717, 1.165) is 11.6 Å². The molecule has 1 aromatic carbocycles. The zero-order chi connectivity index (χ0) is 14.2. The number of aliphatic hydroxyl groups is 1. The molecule has 19 heavy (non-hydrogen) atoms. The number of rotatable bonds is 2. The highest BCUT2D eigenvalue weighted by atomic mass is 79.9. The Hall–Kier alpha value is -1.53. The summed E-state index contributed by atoms with van der Waals surface area (Å²) in [5.74, 6) is -1.89. The van der Waals surface area contributed by atoms with Crippen molar-refractivity contribution in [2.75, 3.05) is 5.73 Å². The SMILES string of the molecule is Cc1cnc(N)c(C(O)c2ccc(F)c(F)c2Br)c1. The van der Waals surface area contributed by atoms with Crippen LogP contribution in [0.2, 0.25) is 0 Å². The van der Waals surface area contributed by atoms with Gasteiger partial charge in [-0.15, -0.1) is 0 Å². The van der Waals surface area contributed by atoms with Crippen molar-refractivity contribution in [3.63, 3.8) is 0 Å². The number of aryl methyl sites for hydroxylation is 1. The quantitative estimate of drug-likeness (QED) is 0.833. The molecule has 6 heteroatoms. The van der Waals surface area contributed by atoms with Gasteiger partial charge in [0.15, 0.2) is 11.6 Å². The first-order valence-corrected chi connectivity index (χ1v) is 6.24. The van der Waals surface area contributed by atoms with Crippen molar-refractivity contribution in [1.29, 1.82) is 0 Å². The lowest BCUT2D eigenvalue weighted by atomic mass is 10.0. The van der Waals surface area contributed by atoms with Crippen LogP contribution < -0.4 is 5.73 Å². The van der Waals surface area contributed by atoms with Crippen molar-refractivity contribution in [2.45, 2.75) is 13.0 Å². The molecule has 0 saturated heterocycles. The third-order valence-electron chi connectivity index (χ3n) is 2.74. The third kappa shape index (κ3) is 2.59. The Labute approximate surface area is 117 Å². The number of halogens is 3. The van der Waals surface area contributed by atoms with Gasteiger partial charge in [0.25, 0.3) is 0 Å². The summed E-state index contributed by atoms with van der Waals surface area (Å²) >= 11 is 2.94. The molecule has 3 N–H and O–H groups in total. The molecule has 1 atom stereocenters. The second-order valence-electron chi connectivity index (χ2n) is 4.15. The van der Waals surface area contributed by atoms with Crippen LogP contribution in [0, 0.1) is 18.6 Å². The summed E-state index contributed by atoms with van der Waals surface area (Å²) in [7, 11) is 0. The Kier molecular flexibility index (Phi) is 3.82. The van der Waals surface area contributed by atoms with E-state index in [1.165, 1.54) is 6.07 Å². The molecule has 0 aliphatic carbocycles. The van der Waals surface area contributed by atoms with Gasteiger partial charge in [-0.25, -0.2) is 13.8 Å². The van der Waals surface area contributed by atoms with E-state index in [0.29, 0.717) is 5.56 Å². The fourth-order valence-corrected chi connectivity index (χ4v) is 2.28. The maximum Gasteiger partial charge on any atom is 0.173 e. The third-order valence-corrected chi connectivity index (χ3v) is 3.55. The van der Waals surface area contributed by atoms with E-state index in [2.05, 4.69) is 20.9 Å². The maximum absolute atomic E-state index is 13.5. The minimum atomic E-state index is -1.18. The van der Waals surface area contributed by atoms with Gasteiger partial charge in [-0.05, 0) is 40.5 Å². The molecular weight excluding hydrogens is 318 g/mol. The molecule has 0 fully saturated rings. The number of aliphatic hydroxyl groups excluding tert-OH is 1. The number of hydrogen-bond acceptors (Lipinski definition) is 3. The minimum absolute atomic E-state index is 0.124. The van der Waals surface area contributed by atoms with E-state index in [9.17, 15) is 13.9 Å². The van der Waals surface area contributed by atoms with Crippen molar-refractivity contribution < 1.29 is 13.9 Å². The van der Waals surface area contributed by atoms with Crippen LogP contribution in [0.1, 0.15) is 22.8 Å². The molecule has 0 amide bonds. The number of benzene rings is 1. The highest BCUT2D eigenvalue weighted by molar-refractivity contribution is 9.10. The molecule has 0 aliphatic rings. The molecule has 0 aliphatic heterocycles. The second-order valence-corrected chi connectivity index (χ2v) is 4.95. The molecule has 2 aromatic rings. The average Bonchev–Trinajstić information content (AvgIpc) is 2.38. The Morgan fingerprint density at radius 3 is 2.68 bits per heavy atom. The molecular formula is C13H11BrF2N2O. The predicted octanol–water partition coefficient (Wildman–Crippen LogP) is 3.09. The highest BCUT2D eigenvalue weighted by Gasteiger charge is 2.20. The minimum Gasteiger partial charge on any atom is -0.383 e. The number of nitrogens with zero attached hydrogens (tertiary/aromatic N) is 1. The van der Waals surface area contributed by atoms with Gasteiger partial charge in [0.1, 0.15) is 11.9 Å². The fraction of sp³-hybridized carbons (Fsp3) is 0.154. The van der Waals surface area contributed by atoms with Crippen molar-refractivity contribution in [3.05, 3.63) is 57.2 Å². The molecule has 0 spiro atoms. The Morgan fingerprint density at radius 1 is 1.32 bits per heavy atom. The van der Waals surface area contributed by atoms with Gasteiger partial charge in [-0.3, -0.25) is 0 Å². The number of pyridine rings is 1. The van der Waals surface area contributed by atoms with Gasteiger partial charge in [0.2, 0.25) is 0 Å². The molecule has 3 nitrogen and oxygen atoms in total. The molecule has 0 saturated carbocycles. The van der Waals surface area contributed by atoms with Gasteiger partial charge in [-0.2, -0.15) is 0 Å². The summed E-state index contributed by atoms with van der Waals surface area (Å²) in [6.07, 6.45) is 0.378. The smallest absolute Gasteiger partial charge is 0.173 e. The van der Waals surface area contributed by atoms with E-state index in [1.54, 1.807) is 19.2 Å². The van der Waals surface area contributed by atoms with Gasteiger partial charge < -0.3 is 10.8 Å². The topological polar surface area (TPSA) is 59.1 Å². The van der Waals surface area contributed by atoms with Crippen LogP contribution in [0.25, 0.3) is 0 Å². The van der Waals surface area contributed by atoms with Crippen molar-refractivity contribution in [3.8, 4) is 0 Å². The zero-order valence-corrected chi connectivity index (χ0v) is 11.6. The molecule has 1 unspecified atom stereocenters. The van der Waals surface area contributed by atoms with Gasteiger partial charge in [-0.1, -0.05) is 6.07 Å². The van der Waals surface area contributed by atoms with E-state index < -0.39 is 17.7 Å². The van der Waals surface area contributed by atoms with Crippen molar-refractivity contribution in [2.24, 2.45) is 0 Å². The van der Waals surface area contributed by atoms with Crippen LogP contribution in [0.15, 0.2) is 28.9 Å². The van der Waals surface area contributed by atoms with Crippen LogP contribution >= 0.6 is 15.9 Å². The number of aromatic nitrogens is 1. The van der Waals surface area contributed by atoms with Crippen LogP contribution in [-0.2, 0) is 0 Å². The summed E-state index contributed by atoms with van der Waals surface area (Å²) in [5, 5.41) is 10.3. The molecule has 1 aromatic heterocycles. The number of nitrogen functional groups attached to an aromatic ring is 1. The van der Waals surface area contributed by atoms with Crippen molar-refractivity contribution >= 4 is 21.7 Å². The number of hydrogen-bond donors (Lipinski definition) is 2. The fourth-order valence-electron chi connectivity index (χ4n) is 1.74. The summed E-state index contributed by atoms with van der Waals surface area (Å²) in [4.78, 5) is 3.93. The number of nitrogens with two attached hydrogens (primary N) is 1. The molecule has 2 rings (SSSR count). The zero-order valence-electron chi connectivity index (χ0n) is 9.99. The van der Waals surface area contributed by atoms with Crippen LogP contribution in [-0.4, -0.2) is 10.1 Å². The van der Waals surface area contributed by atoms with E-state index in [-0.39, 0.29) is 15.9 Å². The number of anilines is 1. The average molecular weight is 329 g/mol. The lowest BCUT2D eigenvalue weighted by molar-refractivity contribution is 0.219. The van der Waals surface area contributed by atoms with Crippen molar-refractivity contribution in [1.82, 2.24) is 4.98 Å². The Bertz CT molecular complexity index is 634. The predicted molar refractivity (Wildman–Crippen MR) is 71.5 cm³/mol. The summed E-state index contributed by atoms with van der Waals surface area (Å²) in [6.45, 7) is 1.79. The summed E-state index contributed by atoms with van der Waals surface area (Å²) < 4.78 is 26.4. The summed E-state index contributed by atoms with van der Waals surface area (Å²) in [5.41, 5.74) is 7.04. The first-order valence-electron chi connectivity index (χ1n) is 5.45. The first kappa shape index (κ1) is 13.9. The molecule has 100 valence electrons. The largest absolute Gasteiger partial charge is 0.383 e. The Morgan fingerprint density at radius 2 is 2.00 bits per heavy atom. The monoisotopic (exact) mass is 328 g/mol. The normalized spacial score (nSPS) is 12.5. The van der Waals surface area contributed by atoms with Crippen LogP contribution in [0.4, 0.5) is 14.6 Å². The second kappa shape index (κ2) is 5.22. The van der Waals surface area contributed by atoms with E-state index in [1.807, 2.05) is 0 Å². The van der Waals surface area contributed by atoms with Gasteiger partial charge in [0, 0.05) is 17.3 Å². The lowest BCUT2D eigenvalue weighted by Gasteiger charge is -2.16. The molecule has 0 bridgehead atoms. The maximum atomic E-state index is 13.5. The van der Waals surface area contributed by atoms with Crippen LogP contribution in [0.5, 0.6) is 0 Å². The van der Waals surface area contributed by atoms with E-state index in [4.69, 9.17) is 5.73 Å². The molecule has 1 heterocycles. The first-order chi connectivity index (χ1) is 8.91. The van der Waals surface area contributed by atoms with Crippen LogP contribution in [0.3, 0.4) is 0 Å². The van der Waals surface area contributed by atoms with E-state index >= 15 is 0 Å². The molecule has 0 radical (unpaired) electrons. The highest BCUT2D eigenvalue weighted by Crippen LogP contribution is 2.33. The van der Waals surface area contributed by atoms with Gasteiger partial charge >= 0.3 is 0 Å². The standard InChI is InChI=1S/C13H11BrF2N2O/c1-6-4-8(13(17)18-5-6)12(19)7-2-3-9(15)11(16)10(7)14/h2-5,12,19H,1H3,(H2,17,18).